The van der Waals surface area contributed by atoms with Gasteiger partial charge in [-0.25, -0.2) is 0 Å². The Labute approximate surface area is 74.6 Å². The fraction of sp³-hybridized carbons (Fsp3) is 1.00. The van der Waals surface area contributed by atoms with Crippen LogP contribution in [0.5, 0.6) is 0 Å². The molecule has 0 aromatic heterocycles. The molecule has 0 spiro atoms. The molecule has 72 valence electrons. The standard InChI is InChI=1S/C10H20O2/c1-5-9(4)8(11)7(3)10(9,12)6-2/h7-8,11-12H,5-6H2,1-4H3. The zero-order valence-corrected chi connectivity index (χ0v) is 8.46. The first kappa shape index (κ1) is 10.0. The molecule has 4 atom stereocenters. The zero-order chi connectivity index (χ0) is 9.57. The van der Waals surface area contributed by atoms with E-state index in [0.717, 1.165) is 12.8 Å². The maximum atomic E-state index is 10.2. The molecule has 2 nitrogen and oxygen atoms in total. The van der Waals surface area contributed by atoms with Crippen LogP contribution in [0.25, 0.3) is 0 Å². The number of aliphatic hydroxyl groups is 2. The lowest BCUT2D eigenvalue weighted by atomic mass is 9.48. The van der Waals surface area contributed by atoms with E-state index in [0.29, 0.717) is 0 Å². The van der Waals surface area contributed by atoms with E-state index in [9.17, 15) is 10.2 Å². The van der Waals surface area contributed by atoms with Crippen molar-refractivity contribution in [2.45, 2.75) is 52.2 Å². The number of rotatable bonds is 2. The largest absolute Gasteiger partial charge is 0.392 e. The Hall–Kier alpha value is -0.0800. The van der Waals surface area contributed by atoms with Crippen LogP contribution in [0.4, 0.5) is 0 Å². The Morgan fingerprint density at radius 3 is 2.00 bits per heavy atom. The highest BCUT2D eigenvalue weighted by molar-refractivity contribution is 5.14. The molecule has 0 aromatic carbocycles. The lowest BCUT2D eigenvalue weighted by Gasteiger charge is -2.62. The molecular formula is C10H20O2. The van der Waals surface area contributed by atoms with Crippen molar-refractivity contribution in [3.8, 4) is 0 Å². The third kappa shape index (κ3) is 0.826. The molecule has 12 heavy (non-hydrogen) atoms. The Bertz CT molecular complexity index is 161. The van der Waals surface area contributed by atoms with Crippen molar-refractivity contribution in [1.29, 1.82) is 0 Å². The molecule has 0 radical (unpaired) electrons. The number of aliphatic hydroxyl groups excluding tert-OH is 1. The van der Waals surface area contributed by atoms with Crippen molar-refractivity contribution in [3.63, 3.8) is 0 Å². The molecule has 1 rings (SSSR count). The van der Waals surface area contributed by atoms with Crippen LogP contribution in [-0.4, -0.2) is 21.9 Å². The summed E-state index contributed by atoms with van der Waals surface area (Å²) in [6.45, 7) is 7.90. The van der Waals surface area contributed by atoms with Gasteiger partial charge in [0.15, 0.2) is 0 Å². The van der Waals surface area contributed by atoms with Crippen molar-refractivity contribution >= 4 is 0 Å². The van der Waals surface area contributed by atoms with E-state index >= 15 is 0 Å². The van der Waals surface area contributed by atoms with Gasteiger partial charge in [-0.15, -0.1) is 0 Å². The second-order valence-corrected chi connectivity index (χ2v) is 4.28. The summed E-state index contributed by atoms with van der Waals surface area (Å²) in [5, 5.41) is 20.0. The smallest absolute Gasteiger partial charge is 0.0773 e. The molecule has 2 heteroatoms. The minimum absolute atomic E-state index is 0.0208. The highest BCUT2D eigenvalue weighted by Crippen LogP contribution is 2.57. The van der Waals surface area contributed by atoms with Crippen LogP contribution in [0.2, 0.25) is 0 Å². The molecule has 1 fully saturated rings. The number of hydrogen-bond acceptors (Lipinski definition) is 2. The Balaban J connectivity index is 2.88. The maximum absolute atomic E-state index is 10.2. The molecule has 0 saturated heterocycles. The van der Waals surface area contributed by atoms with E-state index in [2.05, 4.69) is 0 Å². The molecule has 0 amide bonds. The van der Waals surface area contributed by atoms with Crippen molar-refractivity contribution in [2.75, 3.05) is 0 Å². The monoisotopic (exact) mass is 172 g/mol. The zero-order valence-electron chi connectivity index (χ0n) is 8.46. The predicted molar refractivity (Wildman–Crippen MR) is 48.8 cm³/mol. The van der Waals surface area contributed by atoms with Gasteiger partial charge in [-0.2, -0.15) is 0 Å². The molecule has 0 aliphatic heterocycles. The van der Waals surface area contributed by atoms with Gasteiger partial charge in [0, 0.05) is 11.3 Å². The SMILES string of the molecule is CCC1(C)C(O)C(C)C1(O)CC. The first-order valence-electron chi connectivity index (χ1n) is 4.84. The van der Waals surface area contributed by atoms with Crippen molar-refractivity contribution in [3.05, 3.63) is 0 Å². The van der Waals surface area contributed by atoms with Crippen LogP contribution < -0.4 is 0 Å². The third-order valence-electron chi connectivity index (χ3n) is 4.14. The third-order valence-corrected chi connectivity index (χ3v) is 4.14. The lowest BCUT2D eigenvalue weighted by molar-refractivity contribution is -0.280. The molecule has 1 saturated carbocycles. The predicted octanol–water partition coefficient (Wildman–Crippen LogP) is 1.55. The molecule has 0 bridgehead atoms. The highest BCUT2D eigenvalue weighted by atomic mass is 16.3. The topological polar surface area (TPSA) is 40.5 Å². The van der Waals surface area contributed by atoms with Crippen LogP contribution in [-0.2, 0) is 0 Å². The fourth-order valence-corrected chi connectivity index (χ4v) is 2.73. The van der Waals surface area contributed by atoms with Crippen molar-refractivity contribution in [2.24, 2.45) is 11.3 Å². The van der Waals surface area contributed by atoms with Gasteiger partial charge < -0.3 is 10.2 Å². The van der Waals surface area contributed by atoms with Gasteiger partial charge >= 0.3 is 0 Å². The average molecular weight is 172 g/mol. The van der Waals surface area contributed by atoms with Crippen LogP contribution in [0, 0.1) is 11.3 Å². The number of hydrogen-bond donors (Lipinski definition) is 2. The first-order valence-corrected chi connectivity index (χ1v) is 4.84. The van der Waals surface area contributed by atoms with E-state index in [1.54, 1.807) is 0 Å². The van der Waals surface area contributed by atoms with E-state index in [1.807, 2.05) is 27.7 Å². The quantitative estimate of drug-likeness (QED) is 0.663. The van der Waals surface area contributed by atoms with Crippen LogP contribution in [0.3, 0.4) is 0 Å². The summed E-state index contributed by atoms with van der Waals surface area (Å²) in [5.74, 6) is 0.0208. The van der Waals surface area contributed by atoms with Gasteiger partial charge in [0.1, 0.15) is 0 Å². The lowest BCUT2D eigenvalue weighted by Crippen LogP contribution is -2.71. The summed E-state index contributed by atoms with van der Waals surface area (Å²) >= 11 is 0. The summed E-state index contributed by atoms with van der Waals surface area (Å²) in [6.07, 6.45) is 1.23. The Morgan fingerprint density at radius 2 is 1.75 bits per heavy atom. The second kappa shape index (κ2) is 2.71. The van der Waals surface area contributed by atoms with Gasteiger partial charge in [-0.1, -0.05) is 27.7 Å². The van der Waals surface area contributed by atoms with Crippen LogP contribution >= 0.6 is 0 Å². The van der Waals surface area contributed by atoms with E-state index < -0.39 is 5.60 Å². The molecule has 0 aromatic rings. The highest BCUT2D eigenvalue weighted by Gasteiger charge is 2.64. The summed E-state index contributed by atoms with van der Waals surface area (Å²) in [6, 6.07) is 0. The molecule has 1 aliphatic rings. The van der Waals surface area contributed by atoms with Crippen LogP contribution in [0.15, 0.2) is 0 Å². The fourth-order valence-electron chi connectivity index (χ4n) is 2.73. The molecule has 2 N–H and O–H groups in total. The Morgan fingerprint density at radius 1 is 1.25 bits per heavy atom. The second-order valence-electron chi connectivity index (χ2n) is 4.28. The van der Waals surface area contributed by atoms with Gasteiger partial charge in [0.05, 0.1) is 11.7 Å². The maximum Gasteiger partial charge on any atom is 0.0773 e. The van der Waals surface area contributed by atoms with Crippen molar-refractivity contribution < 1.29 is 10.2 Å². The van der Waals surface area contributed by atoms with Gasteiger partial charge in [0.25, 0.3) is 0 Å². The van der Waals surface area contributed by atoms with Crippen LogP contribution in [0.1, 0.15) is 40.5 Å². The Kier molecular flexibility index (Phi) is 2.26. The van der Waals surface area contributed by atoms with E-state index in [4.69, 9.17) is 0 Å². The normalized spacial score (nSPS) is 53.5. The van der Waals surface area contributed by atoms with Crippen molar-refractivity contribution in [1.82, 2.24) is 0 Å². The summed E-state index contributed by atoms with van der Waals surface area (Å²) < 4.78 is 0. The molecule has 1 aliphatic carbocycles. The first-order chi connectivity index (χ1) is 5.44. The van der Waals surface area contributed by atoms with E-state index in [-0.39, 0.29) is 17.4 Å². The van der Waals surface area contributed by atoms with E-state index in [1.165, 1.54) is 0 Å². The molecular weight excluding hydrogens is 152 g/mol. The minimum atomic E-state index is -0.652. The summed E-state index contributed by atoms with van der Waals surface area (Å²) in [7, 11) is 0. The molecule has 4 unspecified atom stereocenters. The van der Waals surface area contributed by atoms with Gasteiger partial charge in [-0.05, 0) is 12.8 Å². The minimum Gasteiger partial charge on any atom is -0.392 e. The molecule has 0 heterocycles. The average Bonchev–Trinajstić information content (AvgIpc) is 2.12. The summed E-state index contributed by atoms with van der Waals surface area (Å²) in [4.78, 5) is 0. The summed E-state index contributed by atoms with van der Waals surface area (Å²) in [5.41, 5.74) is -0.942. The van der Waals surface area contributed by atoms with Gasteiger partial charge in [0.2, 0.25) is 0 Å². The van der Waals surface area contributed by atoms with Gasteiger partial charge in [-0.3, -0.25) is 0 Å².